The fourth-order valence-electron chi connectivity index (χ4n) is 1.55. The third kappa shape index (κ3) is 8.45. The Hall–Kier alpha value is -1.40. The number of nitrogens with one attached hydrogen (secondary N) is 3. The maximum atomic E-state index is 12.5. The Bertz CT molecular complexity index is 643. The standard InChI is InChI=1S/C12H20F3N5O2S2/c1-3-16-11(17-5-4-6-19-24(2,21)22)18-7-10-20-9(8-23-10)12(13,14)15/h8,19H,3-7H2,1-2H3,(H2,16,17,18). The lowest BCUT2D eigenvalue weighted by atomic mass is 10.4. The van der Waals surface area contributed by atoms with Crippen molar-refractivity contribution in [1.29, 1.82) is 0 Å². The van der Waals surface area contributed by atoms with Gasteiger partial charge in [-0.05, 0) is 13.3 Å². The maximum absolute atomic E-state index is 12.5. The number of rotatable bonds is 8. The van der Waals surface area contributed by atoms with E-state index in [0.717, 1.165) is 23.0 Å². The van der Waals surface area contributed by atoms with Crippen LogP contribution in [0.2, 0.25) is 0 Å². The molecule has 0 aliphatic rings. The van der Waals surface area contributed by atoms with E-state index in [1.54, 1.807) is 0 Å². The first kappa shape index (κ1) is 20.6. The van der Waals surface area contributed by atoms with Crippen molar-refractivity contribution in [2.45, 2.75) is 26.1 Å². The molecule has 24 heavy (non-hydrogen) atoms. The lowest BCUT2D eigenvalue weighted by molar-refractivity contribution is -0.140. The summed E-state index contributed by atoms with van der Waals surface area (Å²) >= 11 is 0.901. The van der Waals surface area contributed by atoms with E-state index < -0.39 is 21.9 Å². The Kier molecular flexibility index (Phi) is 7.90. The quantitative estimate of drug-likeness (QED) is 0.353. The molecule has 0 saturated carbocycles. The highest BCUT2D eigenvalue weighted by atomic mass is 32.2. The number of aromatic nitrogens is 1. The fourth-order valence-corrected chi connectivity index (χ4v) is 2.79. The molecule has 0 aromatic carbocycles. The van der Waals surface area contributed by atoms with Crippen LogP contribution in [-0.4, -0.2) is 45.3 Å². The smallest absolute Gasteiger partial charge is 0.357 e. The average molecular weight is 387 g/mol. The third-order valence-electron chi connectivity index (χ3n) is 2.57. The van der Waals surface area contributed by atoms with Crippen LogP contribution >= 0.6 is 11.3 Å². The molecule has 0 saturated heterocycles. The molecule has 0 atom stereocenters. The number of alkyl halides is 3. The largest absolute Gasteiger partial charge is 0.434 e. The Morgan fingerprint density at radius 3 is 2.58 bits per heavy atom. The zero-order valence-corrected chi connectivity index (χ0v) is 14.9. The summed E-state index contributed by atoms with van der Waals surface area (Å²) in [7, 11) is -3.21. The summed E-state index contributed by atoms with van der Waals surface area (Å²) in [5, 5.41) is 7.15. The van der Waals surface area contributed by atoms with Crippen molar-refractivity contribution in [2.75, 3.05) is 25.9 Å². The summed E-state index contributed by atoms with van der Waals surface area (Å²) < 4.78 is 61.6. The van der Waals surface area contributed by atoms with Crippen LogP contribution in [0.5, 0.6) is 0 Å². The minimum Gasteiger partial charge on any atom is -0.357 e. The topological polar surface area (TPSA) is 95.5 Å². The minimum absolute atomic E-state index is 0.0255. The normalized spacial score (nSPS) is 13.1. The Morgan fingerprint density at radius 1 is 1.33 bits per heavy atom. The van der Waals surface area contributed by atoms with Gasteiger partial charge in [0.1, 0.15) is 5.01 Å². The second-order valence-electron chi connectivity index (χ2n) is 4.77. The highest BCUT2D eigenvalue weighted by Crippen LogP contribution is 2.30. The molecule has 0 bridgehead atoms. The van der Waals surface area contributed by atoms with Gasteiger partial charge in [-0.3, -0.25) is 0 Å². The summed E-state index contributed by atoms with van der Waals surface area (Å²) in [6.07, 6.45) is -2.84. The van der Waals surface area contributed by atoms with Crippen molar-refractivity contribution in [1.82, 2.24) is 20.3 Å². The van der Waals surface area contributed by atoms with Gasteiger partial charge in [-0.1, -0.05) is 0 Å². The molecule has 0 amide bonds. The number of halogens is 3. The molecule has 0 aliphatic carbocycles. The zero-order valence-electron chi connectivity index (χ0n) is 13.3. The second-order valence-corrected chi connectivity index (χ2v) is 7.54. The molecular weight excluding hydrogens is 367 g/mol. The van der Waals surface area contributed by atoms with Crippen molar-refractivity contribution in [3.05, 3.63) is 16.1 Å². The highest BCUT2D eigenvalue weighted by Gasteiger charge is 2.33. The van der Waals surface area contributed by atoms with Crippen LogP contribution in [0.4, 0.5) is 13.2 Å². The van der Waals surface area contributed by atoms with Crippen molar-refractivity contribution in [3.8, 4) is 0 Å². The van der Waals surface area contributed by atoms with E-state index in [1.807, 2.05) is 6.92 Å². The number of thiazole rings is 1. The van der Waals surface area contributed by atoms with Crippen LogP contribution < -0.4 is 15.4 Å². The summed E-state index contributed by atoms with van der Waals surface area (Å²) in [4.78, 5) is 7.67. The van der Waals surface area contributed by atoms with Gasteiger partial charge in [0.2, 0.25) is 10.0 Å². The Morgan fingerprint density at radius 2 is 2.04 bits per heavy atom. The maximum Gasteiger partial charge on any atom is 0.434 e. The first-order chi connectivity index (χ1) is 11.1. The average Bonchev–Trinajstić information content (AvgIpc) is 2.92. The van der Waals surface area contributed by atoms with E-state index >= 15 is 0 Å². The molecule has 0 spiro atoms. The van der Waals surface area contributed by atoms with E-state index in [0.29, 0.717) is 25.5 Å². The molecular formula is C12H20F3N5O2S2. The number of aliphatic imine (C=N–C) groups is 1. The van der Waals surface area contributed by atoms with E-state index in [9.17, 15) is 21.6 Å². The zero-order chi connectivity index (χ0) is 18.2. The van der Waals surface area contributed by atoms with Crippen molar-refractivity contribution in [3.63, 3.8) is 0 Å². The van der Waals surface area contributed by atoms with Gasteiger partial charge < -0.3 is 10.6 Å². The molecule has 1 aromatic rings. The first-order valence-electron chi connectivity index (χ1n) is 7.10. The van der Waals surface area contributed by atoms with Gasteiger partial charge >= 0.3 is 6.18 Å². The molecule has 7 nitrogen and oxygen atoms in total. The predicted molar refractivity (Wildman–Crippen MR) is 87.4 cm³/mol. The summed E-state index contributed by atoms with van der Waals surface area (Å²) in [6, 6.07) is 0. The number of hydrogen-bond donors (Lipinski definition) is 3. The third-order valence-corrected chi connectivity index (χ3v) is 4.13. The van der Waals surface area contributed by atoms with Crippen LogP contribution in [0, 0.1) is 0 Å². The highest BCUT2D eigenvalue weighted by molar-refractivity contribution is 7.88. The van der Waals surface area contributed by atoms with Gasteiger partial charge in [0.05, 0.1) is 12.8 Å². The van der Waals surface area contributed by atoms with Crippen molar-refractivity contribution in [2.24, 2.45) is 4.99 Å². The summed E-state index contributed by atoms with van der Waals surface area (Å²) in [5.74, 6) is 0.431. The first-order valence-corrected chi connectivity index (χ1v) is 9.87. The van der Waals surface area contributed by atoms with Gasteiger partial charge in [0.15, 0.2) is 11.7 Å². The van der Waals surface area contributed by atoms with E-state index in [-0.39, 0.29) is 18.1 Å². The molecule has 1 heterocycles. The number of guanidine groups is 1. The molecule has 0 unspecified atom stereocenters. The summed E-state index contributed by atoms with van der Waals surface area (Å²) in [5.41, 5.74) is -0.914. The molecule has 1 rings (SSSR count). The molecule has 0 aliphatic heterocycles. The summed E-state index contributed by atoms with van der Waals surface area (Å²) in [6.45, 7) is 3.21. The van der Waals surface area contributed by atoms with Crippen LogP contribution in [0.25, 0.3) is 0 Å². The molecule has 1 aromatic heterocycles. The second kappa shape index (κ2) is 9.18. The van der Waals surface area contributed by atoms with E-state index in [1.165, 1.54) is 0 Å². The SMILES string of the molecule is CCNC(=NCc1nc(C(F)(F)F)cs1)NCCCNS(C)(=O)=O. The molecule has 138 valence electrons. The molecule has 0 fully saturated rings. The van der Waals surface area contributed by atoms with Gasteiger partial charge in [-0.25, -0.2) is 23.1 Å². The van der Waals surface area contributed by atoms with E-state index in [2.05, 4.69) is 25.3 Å². The number of hydrogen-bond acceptors (Lipinski definition) is 5. The number of nitrogens with zero attached hydrogens (tertiary/aromatic N) is 2. The molecule has 0 radical (unpaired) electrons. The van der Waals surface area contributed by atoms with Crippen LogP contribution in [-0.2, 0) is 22.7 Å². The monoisotopic (exact) mass is 387 g/mol. The predicted octanol–water partition coefficient (Wildman–Crippen LogP) is 1.16. The van der Waals surface area contributed by atoms with Crippen LogP contribution in [0.3, 0.4) is 0 Å². The van der Waals surface area contributed by atoms with E-state index in [4.69, 9.17) is 0 Å². The lowest BCUT2D eigenvalue weighted by Crippen LogP contribution is -2.38. The van der Waals surface area contributed by atoms with Crippen LogP contribution in [0.1, 0.15) is 24.0 Å². The molecule has 12 heteroatoms. The lowest BCUT2D eigenvalue weighted by Gasteiger charge is -2.10. The van der Waals surface area contributed by atoms with Crippen molar-refractivity contribution >= 4 is 27.3 Å². The Labute approximate surface area is 142 Å². The fraction of sp³-hybridized carbons (Fsp3) is 0.667. The van der Waals surface area contributed by atoms with Gasteiger partial charge in [0.25, 0.3) is 0 Å². The van der Waals surface area contributed by atoms with Crippen molar-refractivity contribution < 1.29 is 21.6 Å². The molecule has 3 N–H and O–H groups in total. The van der Waals surface area contributed by atoms with Gasteiger partial charge in [-0.15, -0.1) is 11.3 Å². The van der Waals surface area contributed by atoms with Crippen LogP contribution in [0.15, 0.2) is 10.4 Å². The minimum atomic E-state index is -4.45. The Balaban J connectivity index is 2.49. The number of sulfonamides is 1. The van der Waals surface area contributed by atoms with Gasteiger partial charge in [0, 0.05) is 25.0 Å². The van der Waals surface area contributed by atoms with Gasteiger partial charge in [-0.2, -0.15) is 13.2 Å².